The lowest BCUT2D eigenvalue weighted by atomic mass is 9.76. The van der Waals surface area contributed by atoms with Gasteiger partial charge in [-0.2, -0.15) is 0 Å². The Morgan fingerprint density at radius 1 is 0.714 bits per heavy atom. The van der Waals surface area contributed by atoms with Gasteiger partial charge in [0.1, 0.15) is 0 Å². The summed E-state index contributed by atoms with van der Waals surface area (Å²) in [6.07, 6.45) is 11.5. The van der Waals surface area contributed by atoms with E-state index in [2.05, 4.69) is 46.4 Å². The lowest BCUT2D eigenvalue weighted by Gasteiger charge is -2.46. The van der Waals surface area contributed by atoms with Gasteiger partial charge in [-0.3, -0.25) is 0 Å². The van der Waals surface area contributed by atoms with Crippen molar-refractivity contribution in [3.05, 3.63) is 0 Å². The fraction of sp³-hybridized carbons (Fsp3) is 1.00. The minimum absolute atomic E-state index is 0.517. The van der Waals surface area contributed by atoms with Gasteiger partial charge in [0.05, 0.1) is 0 Å². The summed E-state index contributed by atoms with van der Waals surface area (Å²) >= 11 is 0. The Hall–Kier alpha value is -0.0400. The molecule has 21 heavy (non-hydrogen) atoms. The van der Waals surface area contributed by atoms with Gasteiger partial charge in [-0.15, -0.1) is 0 Å². The number of rotatable bonds is 9. The monoisotopic (exact) mass is 295 g/mol. The van der Waals surface area contributed by atoms with Gasteiger partial charge in [0.15, 0.2) is 0 Å². The van der Waals surface area contributed by atoms with Gasteiger partial charge in [0.2, 0.25) is 0 Å². The molecule has 1 saturated heterocycles. The van der Waals surface area contributed by atoms with Gasteiger partial charge in [-0.1, -0.05) is 80.1 Å². The third kappa shape index (κ3) is 8.86. The number of hydrogen-bond acceptors (Lipinski definition) is 1. The highest BCUT2D eigenvalue weighted by Crippen LogP contribution is 2.33. The van der Waals surface area contributed by atoms with E-state index in [9.17, 15) is 0 Å². The first-order valence-electron chi connectivity index (χ1n) is 9.41. The minimum atomic E-state index is 0.517. The lowest BCUT2D eigenvalue weighted by molar-refractivity contribution is 0.0238. The minimum Gasteiger partial charge on any atom is -0.303 e. The first-order chi connectivity index (χ1) is 9.68. The molecule has 0 amide bonds. The second kappa shape index (κ2) is 8.56. The largest absolute Gasteiger partial charge is 0.303 e. The molecule has 1 nitrogen and oxygen atoms in total. The van der Waals surface area contributed by atoms with Crippen molar-refractivity contribution in [2.75, 3.05) is 19.6 Å². The molecule has 1 heteroatoms. The molecular formula is C20H41N. The molecule has 126 valence electrons. The number of unbranched alkanes of at least 4 members (excludes halogenated alkanes) is 6. The van der Waals surface area contributed by atoms with E-state index in [1.165, 1.54) is 71.0 Å². The maximum Gasteiger partial charge on any atom is 0.00270 e. The standard InChI is InChI=1S/C20H41N/c1-19(2,3)14-12-10-8-7-9-11-13-15-21-16-18(17-21)20(4,5)6/h18H,7-17H2,1-6H3. The molecule has 1 fully saturated rings. The van der Waals surface area contributed by atoms with Crippen LogP contribution in [0.2, 0.25) is 0 Å². The van der Waals surface area contributed by atoms with E-state index < -0.39 is 0 Å². The molecule has 0 atom stereocenters. The molecular weight excluding hydrogens is 254 g/mol. The zero-order valence-corrected chi connectivity index (χ0v) is 15.8. The van der Waals surface area contributed by atoms with Gasteiger partial charge in [-0.25, -0.2) is 0 Å². The Morgan fingerprint density at radius 2 is 1.19 bits per heavy atom. The van der Waals surface area contributed by atoms with Crippen molar-refractivity contribution in [1.82, 2.24) is 4.90 Å². The molecule has 0 aliphatic carbocycles. The van der Waals surface area contributed by atoms with Crippen molar-refractivity contribution in [2.24, 2.45) is 16.7 Å². The summed E-state index contributed by atoms with van der Waals surface area (Å²) in [6, 6.07) is 0. The number of likely N-dealkylation sites (tertiary alicyclic amines) is 1. The van der Waals surface area contributed by atoms with Crippen LogP contribution in [0.3, 0.4) is 0 Å². The highest BCUT2D eigenvalue weighted by molar-refractivity contribution is 4.87. The fourth-order valence-electron chi connectivity index (χ4n) is 3.17. The van der Waals surface area contributed by atoms with E-state index in [0.717, 1.165) is 5.92 Å². The highest BCUT2D eigenvalue weighted by atomic mass is 15.2. The van der Waals surface area contributed by atoms with E-state index in [0.29, 0.717) is 10.8 Å². The maximum absolute atomic E-state index is 2.65. The molecule has 0 spiro atoms. The van der Waals surface area contributed by atoms with Crippen LogP contribution in [-0.2, 0) is 0 Å². The Balaban J connectivity index is 1.82. The van der Waals surface area contributed by atoms with Gasteiger partial charge in [0.25, 0.3) is 0 Å². The number of hydrogen-bond donors (Lipinski definition) is 0. The molecule has 0 aromatic rings. The summed E-state index contributed by atoms with van der Waals surface area (Å²) in [5, 5.41) is 0. The smallest absolute Gasteiger partial charge is 0.00270 e. The van der Waals surface area contributed by atoms with Crippen molar-refractivity contribution in [2.45, 2.75) is 92.9 Å². The van der Waals surface area contributed by atoms with Crippen LogP contribution in [0.25, 0.3) is 0 Å². The van der Waals surface area contributed by atoms with Gasteiger partial charge < -0.3 is 4.90 Å². The Morgan fingerprint density at radius 3 is 1.67 bits per heavy atom. The zero-order chi connectivity index (χ0) is 15.9. The first-order valence-corrected chi connectivity index (χ1v) is 9.41. The van der Waals surface area contributed by atoms with Crippen LogP contribution in [0, 0.1) is 16.7 Å². The molecule has 0 radical (unpaired) electrons. The predicted molar refractivity (Wildman–Crippen MR) is 95.8 cm³/mol. The van der Waals surface area contributed by atoms with Crippen LogP contribution < -0.4 is 0 Å². The second-order valence-corrected chi connectivity index (χ2v) is 9.61. The molecule has 0 bridgehead atoms. The molecule has 1 rings (SSSR count). The summed E-state index contributed by atoms with van der Waals surface area (Å²) in [5.41, 5.74) is 1.05. The van der Waals surface area contributed by atoms with Crippen molar-refractivity contribution in [1.29, 1.82) is 0 Å². The van der Waals surface area contributed by atoms with E-state index in [1.807, 2.05) is 0 Å². The molecule has 1 aliphatic rings. The third-order valence-corrected chi connectivity index (χ3v) is 5.08. The average molecular weight is 296 g/mol. The zero-order valence-electron chi connectivity index (χ0n) is 15.8. The van der Waals surface area contributed by atoms with Crippen molar-refractivity contribution in [3.8, 4) is 0 Å². The quantitative estimate of drug-likeness (QED) is 0.462. The van der Waals surface area contributed by atoms with Crippen molar-refractivity contribution < 1.29 is 0 Å². The van der Waals surface area contributed by atoms with E-state index in [-0.39, 0.29) is 0 Å². The number of nitrogens with zero attached hydrogens (tertiary/aromatic N) is 1. The predicted octanol–water partition coefficient (Wildman–Crippen LogP) is 6.13. The van der Waals surface area contributed by atoms with Crippen LogP contribution in [-0.4, -0.2) is 24.5 Å². The molecule has 0 N–H and O–H groups in total. The summed E-state index contributed by atoms with van der Waals surface area (Å²) < 4.78 is 0. The van der Waals surface area contributed by atoms with Gasteiger partial charge in [0, 0.05) is 13.1 Å². The van der Waals surface area contributed by atoms with Crippen LogP contribution in [0.1, 0.15) is 92.9 Å². The highest BCUT2D eigenvalue weighted by Gasteiger charge is 2.34. The lowest BCUT2D eigenvalue weighted by Crippen LogP contribution is -2.52. The SMILES string of the molecule is CC(C)(C)CCCCCCCCCN1CC(C(C)(C)C)C1. The van der Waals surface area contributed by atoms with Crippen molar-refractivity contribution in [3.63, 3.8) is 0 Å². The molecule has 0 saturated carbocycles. The molecule has 1 aliphatic heterocycles. The summed E-state index contributed by atoms with van der Waals surface area (Å²) in [5.74, 6) is 0.931. The Labute approximate surface area is 134 Å². The summed E-state index contributed by atoms with van der Waals surface area (Å²) in [7, 11) is 0. The normalized spacial score (nSPS) is 18.0. The van der Waals surface area contributed by atoms with Gasteiger partial charge in [-0.05, 0) is 36.1 Å². The van der Waals surface area contributed by atoms with Crippen LogP contribution >= 0.6 is 0 Å². The molecule has 0 aromatic heterocycles. The molecule has 1 heterocycles. The van der Waals surface area contributed by atoms with E-state index in [1.54, 1.807) is 0 Å². The van der Waals surface area contributed by atoms with Crippen LogP contribution in [0.5, 0.6) is 0 Å². The second-order valence-electron chi connectivity index (χ2n) is 9.61. The third-order valence-electron chi connectivity index (χ3n) is 5.08. The van der Waals surface area contributed by atoms with E-state index >= 15 is 0 Å². The van der Waals surface area contributed by atoms with Gasteiger partial charge >= 0.3 is 0 Å². The fourth-order valence-corrected chi connectivity index (χ4v) is 3.17. The Kier molecular flexibility index (Phi) is 7.74. The van der Waals surface area contributed by atoms with Crippen LogP contribution in [0.15, 0.2) is 0 Å². The molecule has 0 aromatic carbocycles. The van der Waals surface area contributed by atoms with E-state index in [4.69, 9.17) is 0 Å². The topological polar surface area (TPSA) is 3.24 Å². The average Bonchev–Trinajstić information content (AvgIpc) is 2.25. The Bertz CT molecular complexity index is 263. The summed E-state index contributed by atoms with van der Waals surface area (Å²) in [4.78, 5) is 2.65. The van der Waals surface area contributed by atoms with Crippen molar-refractivity contribution >= 4 is 0 Å². The maximum atomic E-state index is 2.65. The molecule has 0 unspecified atom stereocenters. The first kappa shape index (κ1) is 19.0. The van der Waals surface area contributed by atoms with Crippen LogP contribution in [0.4, 0.5) is 0 Å². The summed E-state index contributed by atoms with van der Waals surface area (Å²) in [6.45, 7) is 18.2.